The number of benzene rings is 1. The molecule has 1 aromatic heterocycles. The van der Waals surface area contributed by atoms with Crippen molar-refractivity contribution >= 4 is 22.6 Å². The lowest BCUT2D eigenvalue weighted by molar-refractivity contribution is 0.0212. The number of rotatable bonds is 3. The van der Waals surface area contributed by atoms with Gasteiger partial charge in [0.25, 0.3) is 0 Å². The molecule has 8 heteroatoms. The third kappa shape index (κ3) is 2.71. The summed E-state index contributed by atoms with van der Waals surface area (Å²) >= 11 is 0. The van der Waals surface area contributed by atoms with E-state index in [9.17, 15) is 19.1 Å². The number of nitrogens with zero attached hydrogens (tertiary/aromatic N) is 2. The first-order chi connectivity index (χ1) is 13.0. The second-order valence-corrected chi connectivity index (χ2v) is 7.51. The number of nitrogens with one attached hydrogen (secondary N) is 1. The van der Waals surface area contributed by atoms with Crippen LogP contribution in [0.3, 0.4) is 0 Å². The maximum Gasteiger partial charge on any atom is 0.341 e. The second kappa shape index (κ2) is 6.03. The second-order valence-electron chi connectivity index (χ2n) is 7.51. The first-order valence-corrected chi connectivity index (χ1v) is 9.24. The Labute approximate surface area is 154 Å². The Kier molecular flexibility index (Phi) is 3.73. The topological polar surface area (TPSA) is 83.8 Å². The van der Waals surface area contributed by atoms with Crippen molar-refractivity contribution < 1.29 is 19.0 Å². The summed E-state index contributed by atoms with van der Waals surface area (Å²) in [6.07, 6.45) is 3.28. The summed E-state index contributed by atoms with van der Waals surface area (Å²) in [5.41, 5.74) is 0.0677. The molecule has 0 spiro atoms. The van der Waals surface area contributed by atoms with Gasteiger partial charge in [-0.05, 0) is 25.0 Å². The molecule has 0 amide bonds. The lowest BCUT2D eigenvalue weighted by atomic mass is 10.1. The minimum atomic E-state index is -1.28. The Balaban J connectivity index is 1.64. The molecule has 7 nitrogen and oxygen atoms in total. The van der Waals surface area contributed by atoms with Gasteiger partial charge in [0, 0.05) is 37.3 Å². The van der Waals surface area contributed by atoms with Crippen LogP contribution in [-0.2, 0) is 4.74 Å². The fraction of sp³-hybridized carbons (Fsp3) is 0.474. The number of hydrogen-bond acceptors (Lipinski definition) is 5. The van der Waals surface area contributed by atoms with Gasteiger partial charge in [-0.15, -0.1) is 0 Å². The van der Waals surface area contributed by atoms with Crippen LogP contribution >= 0.6 is 0 Å². The van der Waals surface area contributed by atoms with E-state index in [0.29, 0.717) is 30.9 Å². The molecule has 3 fully saturated rings. The summed E-state index contributed by atoms with van der Waals surface area (Å²) in [5.74, 6) is -1.80. The van der Waals surface area contributed by atoms with E-state index in [-0.39, 0.29) is 29.1 Å². The van der Waals surface area contributed by atoms with Gasteiger partial charge in [0.15, 0.2) is 0 Å². The van der Waals surface area contributed by atoms with Gasteiger partial charge in [-0.1, -0.05) is 0 Å². The van der Waals surface area contributed by atoms with Crippen LogP contribution in [0.4, 0.5) is 10.1 Å². The van der Waals surface area contributed by atoms with E-state index in [1.165, 1.54) is 12.3 Å². The molecule has 2 N–H and O–H groups in total. The van der Waals surface area contributed by atoms with Gasteiger partial charge in [-0.25, -0.2) is 9.18 Å². The van der Waals surface area contributed by atoms with Crippen molar-refractivity contribution in [3.8, 4) is 0 Å². The van der Waals surface area contributed by atoms with Gasteiger partial charge in [-0.2, -0.15) is 0 Å². The fourth-order valence-electron chi connectivity index (χ4n) is 4.20. The number of carboxylic acids is 1. The molecule has 2 aromatic rings. The van der Waals surface area contributed by atoms with Crippen molar-refractivity contribution in [2.75, 3.05) is 31.1 Å². The monoisotopic (exact) mass is 373 g/mol. The molecule has 0 bridgehead atoms. The highest BCUT2D eigenvalue weighted by molar-refractivity contribution is 5.93. The number of carboxylic acid groups (broad SMARTS) is 1. The van der Waals surface area contributed by atoms with Gasteiger partial charge in [-0.3, -0.25) is 4.79 Å². The van der Waals surface area contributed by atoms with E-state index < -0.39 is 17.2 Å². The summed E-state index contributed by atoms with van der Waals surface area (Å²) < 4.78 is 22.5. The normalized spacial score (nSPS) is 25.0. The zero-order chi connectivity index (χ0) is 18.7. The average Bonchev–Trinajstić information content (AvgIpc) is 3.39. The van der Waals surface area contributed by atoms with Crippen molar-refractivity contribution in [1.82, 2.24) is 9.88 Å². The molecule has 27 heavy (non-hydrogen) atoms. The summed E-state index contributed by atoms with van der Waals surface area (Å²) in [7, 11) is 0. The molecule has 0 radical (unpaired) electrons. The fourth-order valence-corrected chi connectivity index (χ4v) is 4.20. The number of carbonyl (C=O) groups is 1. The van der Waals surface area contributed by atoms with E-state index in [2.05, 4.69) is 5.32 Å². The SMILES string of the molecule is O=C(O)c1cn(C2CC2)c2cc(N3C[C@@H]4NCCO[C@@H]4C3)c(F)cc2c1=O. The van der Waals surface area contributed by atoms with Crippen LogP contribution in [0, 0.1) is 5.82 Å². The van der Waals surface area contributed by atoms with Gasteiger partial charge >= 0.3 is 5.97 Å². The van der Waals surface area contributed by atoms with E-state index in [0.717, 1.165) is 19.4 Å². The van der Waals surface area contributed by atoms with Crippen LogP contribution in [0.1, 0.15) is 29.2 Å². The van der Waals surface area contributed by atoms with E-state index in [4.69, 9.17) is 4.74 Å². The van der Waals surface area contributed by atoms with E-state index >= 15 is 0 Å². The maximum absolute atomic E-state index is 14.9. The Hall–Kier alpha value is -2.45. The summed E-state index contributed by atoms with van der Waals surface area (Å²) in [5, 5.41) is 12.8. The maximum atomic E-state index is 14.9. The van der Waals surface area contributed by atoms with Crippen LogP contribution in [0.2, 0.25) is 0 Å². The van der Waals surface area contributed by atoms with Crippen LogP contribution in [0.5, 0.6) is 0 Å². The zero-order valence-electron chi connectivity index (χ0n) is 14.7. The summed E-state index contributed by atoms with van der Waals surface area (Å²) in [6, 6.07) is 3.20. The summed E-state index contributed by atoms with van der Waals surface area (Å²) in [4.78, 5) is 25.9. The predicted octanol–water partition coefficient (Wildman–Crippen LogP) is 1.35. The Bertz CT molecular complexity index is 987. The van der Waals surface area contributed by atoms with Crippen molar-refractivity contribution in [3.05, 3.63) is 39.9 Å². The molecule has 142 valence electrons. The summed E-state index contributed by atoms with van der Waals surface area (Å²) in [6.45, 7) is 2.65. The van der Waals surface area contributed by atoms with Crippen molar-refractivity contribution in [1.29, 1.82) is 0 Å². The highest BCUT2D eigenvalue weighted by Gasteiger charge is 2.37. The smallest absolute Gasteiger partial charge is 0.341 e. The number of pyridine rings is 1. The molecule has 1 saturated carbocycles. The predicted molar refractivity (Wildman–Crippen MR) is 97.1 cm³/mol. The number of aromatic carboxylic acids is 1. The Morgan fingerprint density at radius 3 is 2.81 bits per heavy atom. The quantitative estimate of drug-likeness (QED) is 0.845. The number of morpholine rings is 1. The Morgan fingerprint density at radius 1 is 1.30 bits per heavy atom. The average molecular weight is 373 g/mol. The van der Waals surface area contributed by atoms with Gasteiger partial charge in [0.2, 0.25) is 5.43 Å². The highest BCUT2D eigenvalue weighted by Crippen LogP contribution is 2.38. The standard InChI is InChI=1S/C19H20FN3O4/c20-13-5-11-15(23(10-1-2-10)7-12(18(11)24)19(25)26)6-16(13)22-8-14-17(9-22)27-4-3-21-14/h5-7,10,14,17,21H,1-4,8-9H2,(H,25,26)/t14-,17+/m0/s1. The van der Waals surface area contributed by atoms with Crippen molar-refractivity contribution in [3.63, 3.8) is 0 Å². The van der Waals surface area contributed by atoms with E-state index in [1.54, 1.807) is 6.07 Å². The molecular weight excluding hydrogens is 353 g/mol. The number of fused-ring (bicyclic) bond motifs is 2. The third-order valence-corrected chi connectivity index (χ3v) is 5.72. The molecular formula is C19H20FN3O4. The molecule has 2 saturated heterocycles. The van der Waals surface area contributed by atoms with Crippen LogP contribution in [0.15, 0.2) is 23.1 Å². The molecule has 1 aliphatic carbocycles. The highest BCUT2D eigenvalue weighted by atomic mass is 19.1. The minimum absolute atomic E-state index is 0.0221. The third-order valence-electron chi connectivity index (χ3n) is 5.72. The number of aromatic nitrogens is 1. The number of halogens is 1. The molecule has 2 aliphatic heterocycles. The van der Waals surface area contributed by atoms with Crippen molar-refractivity contribution in [2.45, 2.75) is 31.0 Å². The Morgan fingerprint density at radius 2 is 2.11 bits per heavy atom. The number of anilines is 1. The van der Waals surface area contributed by atoms with E-state index in [1.807, 2.05) is 9.47 Å². The minimum Gasteiger partial charge on any atom is -0.477 e. The van der Waals surface area contributed by atoms with Crippen LogP contribution in [-0.4, -0.2) is 54.0 Å². The van der Waals surface area contributed by atoms with Crippen LogP contribution in [0.25, 0.3) is 10.9 Å². The molecule has 0 unspecified atom stereocenters. The largest absolute Gasteiger partial charge is 0.477 e. The lowest BCUT2D eigenvalue weighted by Gasteiger charge is -2.25. The number of ether oxygens (including phenoxy) is 1. The van der Waals surface area contributed by atoms with Crippen LogP contribution < -0.4 is 15.6 Å². The molecule has 3 aliphatic rings. The lowest BCUT2D eigenvalue weighted by Crippen LogP contribution is -2.47. The van der Waals surface area contributed by atoms with Gasteiger partial charge in [0.1, 0.15) is 11.4 Å². The van der Waals surface area contributed by atoms with Crippen molar-refractivity contribution in [2.24, 2.45) is 0 Å². The van der Waals surface area contributed by atoms with Gasteiger partial charge < -0.3 is 24.6 Å². The molecule has 1 aromatic carbocycles. The zero-order valence-corrected chi connectivity index (χ0v) is 14.7. The first kappa shape index (κ1) is 16.7. The van der Waals surface area contributed by atoms with Gasteiger partial charge in [0.05, 0.1) is 30.0 Å². The molecule has 5 rings (SSSR count). The molecule has 2 atom stereocenters. The molecule has 3 heterocycles. The number of hydrogen-bond donors (Lipinski definition) is 2. The first-order valence-electron chi connectivity index (χ1n) is 9.24.